The summed E-state index contributed by atoms with van der Waals surface area (Å²) in [5.41, 5.74) is 6.52. The summed E-state index contributed by atoms with van der Waals surface area (Å²) in [5.74, 6) is 1.42. The van der Waals surface area contributed by atoms with Crippen LogP contribution < -0.4 is 9.87 Å². The third-order valence-electron chi connectivity index (χ3n) is 8.41. The summed E-state index contributed by atoms with van der Waals surface area (Å²) in [7, 11) is -0.540. The maximum atomic E-state index is 2.77. The zero-order valence-corrected chi connectivity index (χ0v) is 22.1. The lowest BCUT2D eigenvalue weighted by atomic mass is 9.59. The zero-order chi connectivity index (χ0) is 23.3. The number of hydrogen-bond acceptors (Lipinski definition) is 0. The Morgan fingerprint density at radius 3 is 2.03 bits per heavy atom. The van der Waals surface area contributed by atoms with Crippen molar-refractivity contribution in [1.29, 1.82) is 0 Å². The van der Waals surface area contributed by atoms with Gasteiger partial charge in [0.1, 0.15) is 25.0 Å². The standard InChI is InChI=1S/C29H40N2P/c1-9-28(8)26-20-16-15-19-25(26)27-30(29(28,10-2)11-3)22(6)23(7)31(27)32(21(4)5)24-17-13-12-14-18-24/h12-21H,9-11H2,1-8H3/q+1. The topological polar surface area (TPSA) is 8.81 Å². The van der Waals surface area contributed by atoms with E-state index in [-0.39, 0.29) is 11.0 Å². The molecule has 2 unspecified atom stereocenters. The van der Waals surface area contributed by atoms with Crippen LogP contribution in [0.4, 0.5) is 0 Å². The normalized spacial score (nSPS) is 20.2. The van der Waals surface area contributed by atoms with Crippen LogP contribution in [0.1, 0.15) is 77.8 Å². The average Bonchev–Trinajstić information content (AvgIpc) is 3.07. The predicted octanol–water partition coefficient (Wildman–Crippen LogP) is 7.23. The van der Waals surface area contributed by atoms with Crippen molar-refractivity contribution in [2.24, 2.45) is 0 Å². The number of fused-ring (bicyclic) bond motifs is 3. The molecule has 1 aliphatic rings. The maximum absolute atomic E-state index is 2.77. The van der Waals surface area contributed by atoms with E-state index >= 15 is 0 Å². The number of benzene rings is 2. The van der Waals surface area contributed by atoms with Gasteiger partial charge in [0.25, 0.3) is 5.82 Å². The molecule has 0 amide bonds. The summed E-state index contributed by atoms with van der Waals surface area (Å²) >= 11 is 0. The van der Waals surface area contributed by atoms with Crippen LogP contribution in [0.15, 0.2) is 54.6 Å². The fourth-order valence-electron chi connectivity index (χ4n) is 6.50. The van der Waals surface area contributed by atoms with Crippen molar-refractivity contribution >= 4 is 13.4 Å². The van der Waals surface area contributed by atoms with E-state index in [9.17, 15) is 0 Å². The number of nitrogens with zero attached hydrogens (tertiary/aromatic N) is 2. The van der Waals surface area contributed by atoms with Crippen molar-refractivity contribution in [3.05, 3.63) is 71.5 Å². The van der Waals surface area contributed by atoms with Crippen molar-refractivity contribution in [3.63, 3.8) is 0 Å². The molecule has 0 saturated carbocycles. The van der Waals surface area contributed by atoms with Gasteiger partial charge in [-0.15, -0.1) is 0 Å². The van der Waals surface area contributed by atoms with E-state index in [0.29, 0.717) is 5.66 Å². The Morgan fingerprint density at radius 2 is 1.47 bits per heavy atom. The lowest BCUT2D eigenvalue weighted by Crippen LogP contribution is -2.69. The van der Waals surface area contributed by atoms with Crippen molar-refractivity contribution in [1.82, 2.24) is 4.34 Å². The van der Waals surface area contributed by atoms with Gasteiger partial charge < -0.3 is 0 Å². The van der Waals surface area contributed by atoms with Crippen LogP contribution in [0.25, 0.3) is 11.4 Å². The molecule has 3 heteroatoms. The van der Waals surface area contributed by atoms with E-state index in [0.717, 1.165) is 19.3 Å². The Labute approximate surface area is 196 Å². The zero-order valence-electron chi connectivity index (χ0n) is 21.2. The van der Waals surface area contributed by atoms with Gasteiger partial charge >= 0.3 is 0 Å². The van der Waals surface area contributed by atoms with Gasteiger partial charge in [-0.2, -0.15) is 0 Å². The first-order chi connectivity index (χ1) is 15.3. The van der Waals surface area contributed by atoms with E-state index < -0.39 is 8.07 Å². The summed E-state index contributed by atoms with van der Waals surface area (Å²) in [6.07, 6.45) is 3.41. The minimum absolute atomic E-state index is 0.0696. The maximum Gasteiger partial charge on any atom is 0.292 e. The predicted molar refractivity (Wildman–Crippen MR) is 139 cm³/mol. The molecule has 1 aliphatic heterocycles. The molecule has 0 N–H and O–H groups in total. The molecule has 170 valence electrons. The lowest BCUT2D eigenvalue weighted by Gasteiger charge is -2.50. The van der Waals surface area contributed by atoms with Crippen molar-refractivity contribution in [2.75, 3.05) is 0 Å². The Bertz CT molecular complexity index is 1110. The largest absolute Gasteiger partial charge is 0.292 e. The minimum Gasteiger partial charge on any atom is -0.221 e. The van der Waals surface area contributed by atoms with Crippen LogP contribution in [0.5, 0.6) is 0 Å². The fourth-order valence-corrected chi connectivity index (χ4v) is 9.13. The van der Waals surface area contributed by atoms with E-state index in [2.05, 4.69) is 119 Å². The second-order valence-electron chi connectivity index (χ2n) is 9.89. The molecule has 2 nitrogen and oxygen atoms in total. The fraction of sp³-hybridized carbons (Fsp3) is 0.483. The number of hydrogen-bond donors (Lipinski definition) is 0. The van der Waals surface area contributed by atoms with Crippen LogP contribution >= 0.6 is 8.07 Å². The van der Waals surface area contributed by atoms with Crippen molar-refractivity contribution < 1.29 is 4.57 Å². The van der Waals surface area contributed by atoms with Crippen LogP contribution in [-0.2, 0) is 11.0 Å². The van der Waals surface area contributed by atoms with Gasteiger partial charge in [0, 0.05) is 30.2 Å². The molecule has 0 radical (unpaired) electrons. The summed E-state index contributed by atoms with van der Waals surface area (Å²) in [4.78, 5) is 0. The third kappa shape index (κ3) is 2.98. The van der Waals surface area contributed by atoms with E-state index in [4.69, 9.17) is 0 Å². The highest BCUT2D eigenvalue weighted by atomic mass is 31.1. The summed E-state index contributed by atoms with van der Waals surface area (Å²) in [6.45, 7) is 19.2. The molecule has 2 atom stereocenters. The van der Waals surface area contributed by atoms with Gasteiger partial charge in [-0.25, -0.2) is 8.90 Å². The van der Waals surface area contributed by atoms with Crippen LogP contribution in [-0.4, -0.2) is 10.00 Å². The van der Waals surface area contributed by atoms with E-state index in [1.165, 1.54) is 33.6 Å². The summed E-state index contributed by atoms with van der Waals surface area (Å²) < 4.78 is 5.51. The van der Waals surface area contributed by atoms with Gasteiger partial charge in [0.05, 0.1) is 5.56 Å². The Balaban J connectivity index is 2.17. The first-order valence-corrected chi connectivity index (χ1v) is 13.7. The van der Waals surface area contributed by atoms with Crippen LogP contribution in [0.3, 0.4) is 0 Å². The van der Waals surface area contributed by atoms with Crippen molar-refractivity contribution in [3.8, 4) is 11.4 Å². The molecule has 0 bridgehead atoms. The van der Waals surface area contributed by atoms with Crippen LogP contribution in [0.2, 0.25) is 0 Å². The molecule has 0 spiro atoms. The molecular weight excluding hydrogens is 407 g/mol. The molecule has 3 aromatic rings. The Morgan fingerprint density at radius 1 is 0.875 bits per heavy atom. The Kier molecular flexibility index (Phi) is 6.14. The van der Waals surface area contributed by atoms with Gasteiger partial charge in [0.15, 0.2) is 0 Å². The highest BCUT2D eigenvalue weighted by Crippen LogP contribution is 2.55. The molecule has 4 rings (SSSR count). The second kappa shape index (κ2) is 8.45. The average molecular weight is 448 g/mol. The molecule has 32 heavy (non-hydrogen) atoms. The van der Waals surface area contributed by atoms with Gasteiger partial charge in [-0.1, -0.05) is 90.1 Å². The second-order valence-corrected chi connectivity index (χ2v) is 12.5. The molecule has 2 heterocycles. The highest BCUT2D eigenvalue weighted by Gasteiger charge is 2.58. The number of aromatic nitrogens is 2. The first-order valence-electron chi connectivity index (χ1n) is 12.4. The van der Waals surface area contributed by atoms with Crippen LogP contribution in [0, 0.1) is 13.8 Å². The lowest BCUT2D eigenvalue weighted by molar-refractivity contribution is -0.773. The molecule has 0 fully saturated rings. The number of imidazole rings is 1. The van der Waals surface area contributed by atoms with Crippen molar-refractivity contribution in [2.45, 2.75) is 91.3 Å². The molecule has 2 aromatic carbocycles. The highest BCUT2D eigenvalue weighted by molar-refractivity contribution is 7.64. The Hall–Kier alpha value is -1.92. The minimum atomic E-state index is -0.540. The monoisotopic (exact) mass is 447 g/mol. The molecule has 0 aliphatic carbocycles. The van der Waals surface area contributed by atoms with Gasteiger partial charge in [0.2, 0.25) is 0 Å². The quantitative estimate of drug-likeness (QED) is 0.278. The van der Waals surface area contributed by atoms with E-state index in [1.54, 1.807) is 0 Å². The molecular formula is C29H40N2P+. The summed E-state index contributed by atoms with van der Waals surface area (Å²) in [6, 6.07) is 20.4. The number of rotatable bonds is 6. The van der Waals surface area contributed by atoms with Gasteiger partial charge in [-0.3, -0.25) is 0 Å². The van der Waals surface area contributed by atoms with E-state index in [1.807, 2.05) is 0 Å². The molecule has 1 aromatic heterocycles. The smallest absolute Gasteiger partial charge is 0.221 e. The molecule has 0 saturated heterocycles. The summed E-state index contributed by atoms with van der Waals surface area (Å²) in [5, 5.41) is 1.46. The first kappa shape index (κ1) is 23.2. The van der Waals surface area contributed by atoms with Gasteiger partial charge in [-0.05, 0) is 30.9 Å². The SMILES string of the molecule is CCC1(C)c2ccccc2-c2n(P(c3ccccc3)C(C)C)c(C)c(C)[n+]2C1(CC)CC. The third-order valence-corrected chi connectivity index (χ3v) is 11.1.